The van der Waals surface area contributed by atoms with Gasteiger partial charge in [0.05, 0.1) is 23.2 Å². The second-order valence-corrected chi connectivity index (χ2v) is 8.52. The Kier molecular flexibility index (Phi) is 5.26. The van der Waals surface area contributed by atoms with E-state index in [2.05, 4.69) is 5.32 Å². The van der Waals surface area contributed by atoms with Crippen molar-refractivity contribution in [3.05, 3.63) is 59.2 Å². The van der Waals surface area contributed by atoms with Gasteiger partial charge >= 0.3 is 10.2 Å². The molecule has 0 aliphatic carbocycles. The molecule has 0 aliphatic heterocycles. The molecule has 0 fully saturated rings. The zero-order chi connectivity index (χ0) is 21.9. The lowest BCUT2D eigenvalue weighted by molar-refractivity contribution is 0.0926. The SMILES string of the molecule is CC(COc1ccc(C#N)cc1C#N)NC(=O)c1ccc(S(F)(F)(F)(F)F)cc1. The lowest BCUT2D eigenvalue weighted by atomic mass is 10.1. The lowest BCUT2D eigenvalue weighted by Crippen LogP contribution is -2.36. The minimum absolute atomic E-state index is 0.0874. The molecule has 0 aromatic heterocycles. The fourth-order valence-electron chi connectivity index (χ4n) is 2.24. The summed E-state index contributed by atoms with van der Waals surface area (Å²) in [6.45, 7) is 1.45. The van der Waals surface area contributed by atoms with E-state index in [0.29, 0.717) is 12.1 Å². The average molecular weight is 431 g/mol. The van der Waals surface area contributed by atoms with Gasteiger partial charge < -0.3 is 10.1 Å². The van der Waals surface area contributed by atoms with Crippen molar-refractivity contribution in [3.8, 4) is 17.9 Å². The number of nitrogens with one attached hydrogen (secondary N) is 1. The highest BCUT2D eigenvalue weighted by atomic mass is 32.5. The fourth-order valence-corrected chi connectivity index (χ4v) is 2.89. The zero-order valence-electron chi connectivity index (χ0n) is 14.8. The third-order valence-electron chi connectivity index (χ3n) is 3.66. The molecule has 11 heteroatoms. The van der Waals surface area contributed by atoms with E-state index >= 15 is 0 Å². The Hall–Kier alpha value is -3.31. The van der Waals surface area contributed by atoms with E-state index in [0.717, 1.165) is 0 Å². The van der Waals surface area contributed by atoms with Crippen molar-refractivity contribution < 1.29 is 29.0 Å². The molecule has 2 aromatic carbocycles. The number of carbonyl (C=O) groups excluding carboxylic acids is 1. The van der Waals surface area contributed by atoms with Crippen LogP contribution < -0.4 is 10.1 Å². The van der Waals surface area contributed by atoms with E-state index in [9.17, 15) is 24.2 Å². The number of carbonyl (C=O) groups is 1. The molecule has 2 rings (SSSR count). The van der Waals surface area contributed by atoms with Crippen LogP contribution in [0, 0.1) is 22.7 Å². The summed E-state index contributed by atoms with van der Waals surface area (Å²) < 4.78 is 68.9. The van der Waals surface area contributed by atoms with Crippen LogP contribution in [-0.4, -0.2) is 18.6 Å². The molecular formula is C18H14F5N3O2S. The maximum absolute atomic E-state index is 12.7. The first kappa shape index (κ1) is 22.0. The van der Waals surface area contributed by atoms with Gasteiger partial charge in [-0.1, -0.05) is 19.4 Å². The van der Waals surface area contributed by atoms with Gasteiger partial charge in [0, 0.05) is 5.56 Å². The number of hydrogen-bond acceptors (Lipinski definition) is 4. The summed E-state index contributed by atoms with van der Waals surface area (Å²) in [5.41, 5.74) is 0.151. The Morgan fingerprint density at radius 1 is 1.07 bits per heavy atom. The topological polar surface area (TPSA) is 85.9 Å². The van der Waals surface area contributed by atoms with Crippen LogP contribution in [0.15, 0.2) is 47.4 Å². The second kappa shape index (κ2) is 6.94. The van der Waals surface area contributed by atoms with Crippen molar-refractivity contribution in [3.63, 3.8) is 0 Å². The smallest absolute Gasteiger partial charge is 0.310 e. The Morgan fingerprint density at radius 3 is 2.21 bits per heavy atom. The first-order valence-corrected chi connectivity index (χ1v) is 9.90. The number of hydrogen-bond donors (Lipinski definition) is 1. The molecule has 1 atom stereocenters. The third kappa shape index (κ3) is 5.83. The summed E-state index contributed by atoms with van der Waals surface area (Å²) in [6, 6.07) is 8.95. The summed E-state index contributed by atoms with van der Waals surface area (Å²) in [4.78, 5) is 10.00. The quantitative estimate of drug-likeness (QED) is 0.630. The van der Waals surface area contributed by atoms with E-state index in [1.54, 1.807) is 0 Å². The van der Waals surface area contributed by atoms with Crippen LogP contribution in [0.25, 0.3) is 0 Å². The number of benzene rings is 2. The highest BCUT2D eigenvalue weighted by Crippen LogP contribution is 3.02. The Balaban J connectivity index is 2.02. The molecule has 0 saturated carbocycles. The maximum Gasteiger partial charge on any atom is 0.310 e. The minimum atomic E-state index is -9.80. The molecule has 0 heterocycles. The first-order chi connectivity index (χ1) is 13.2. The van der Waals surface area contributed by atoms with E-state index in [1.807, 2.05) is 12.1 Å². The van der Waals surface area contributed by atoms with Gasteiger partial charge in [0.25, 0.3) is 5.91 Å². The molecule has 2 aromatic rings. The van der Waals surface area contributed by atoms with E-state index in [1.165, 1.54) is 25.1 Å². The molecule has 1 unspecified atom stereocenters. The highest BCUT2D eigenvalue weighted by molar-refractivity contribution is 8.45. The van der Waals surface area contributed by atoms with Crippen molar-refractivity contribution in [1.82, 2.24) is 5.32 Å². The van der Waals surface area contributed by atoms with Gasteiger partial charge in [-0.3, -0.25) is 4.79 Å². The van der Waals surface area contributed by atoms with Gasteiger partial charge in [0.1, 0.15) is 23.3 Å². The number of amides is 1. The van der Waals surface area contributed by atoms with Gasteiger partial charge in [-0.05, 0) is 49.4 Å². The highest BCUT2D eigenvalue weighted by Gasteiger charge is 2.65. The summed E-state index contributed by atoms with van der Waals surface area (Å²) in [7, 11) is -9.80. The summed E-state index contributed by atoms with van der Waals surface area (Å²) in [6.07, 6.45) is 0. The summed E-state index contributed by atoms with van der Waals surface area (Å²) >= 11 is 0. The number of halogens is 5. The number of nitriles is 2. The molecule has 0 radical (unpaired) electrons. The second-order valence-electron chi connectivity index (χ2n) is 6.11. The Morgan fingerprint density at radius 2 is 1.69 bits per heavy atom. The molecule has 0 bridgehead atoms. The van der Waals surface area contributed by atoms with E-state index < -0.39 is 27.1 Å². The minimum Gasteiger partial charge on any atom is -0.490 e. The van der Waals surface area contributed by atoms with Crippen LogP contribution in [0.5, 0.6) is 5.75 Å². The van der Waals surface area contributed by atoms with Crippen LogP contribution in [0.4, 0.5) is 19.4 Å². The van der Waals surface area contributed by atoms with Crippen LogP contribution in [0.2, 0.25) is 0 Å². The molecule has 5 nitrogen and oxygen atoms in total. The zero-order valence-corrected chi connectivity index (χ0v) is 15.7. The standard InChI is InChI=1S/C18H14F5N3O2S/c1-12(11-28-17-7-2-13(9-24)8-15(17)10-25)26-18(27)14-3-5-16(6-4-14)29(19,20,21,22)23/h2-8,12H,11H2,1H3,(H,26,27). The summed E-state index contributed by atoms with van der Waals surface area (Å²) in [5.74, 6) is -0.594. The maximum atomic E-state index is 12.7. The average Bonchev–Trinajstić information content (AvgIpc) is 2.64. The normalized spacial score (nSPS) is 14.5. The van der Waals surface area contributed by atoms with Gasteiger partial charge in [0.2, 0.25) is 0 Å². The molecule has 0 saturated heterocycles. The molecule has 29 heavy (non-hydrogen) atoms. The van der Waals surface area contributed by atoms with Crippen molar-refractivity contribution in [2.24, 2.45) is 0 Å². The van der Waals surface area contributed by atoms with Crippen LogP contribution in [0.3, 0.4) is 0 Å². The Bertz CT molecular complexity index is 1030. The van der Waals surface area contributed by atoms with Gasteiger partial charge in [-0.15, -0.1) is 0 Å². The molecule has 0 spiro atoms. The number of nitrogens with zero attached hydrogens (tertiary/aromatic N) is 2. The van der Waals surface area contributed by atoms with Gasteiger partial charge in [-0.25, -0.2) is 0 Å². The molecular weight excluding hydrogens is 417 g/mol. The number of ether oxygens (including phenoxy) is 1. The predicted octanol–water partition coefficient (Wildman–Crippen LogP) is 5.28. The lowest BCUT2D eigenvalue weighted by Gasteiger charge is -2.40. The van der Waals surface area contributed by atoms with Crippen LogP contribution >= 0.6 is 10.2 Å². The van der Waals surface area contributed by atoms with Crippen LogP contribution in [0.1, 0.15) is 28.4 Å². The van der Waals surface area contributed by atoms with Crippen molar-refractivity contribution in [1.29, 1.82) is 10.5 Å². The van der Waals surface area contributed by atoms with Crippen LogP contribution in [-0.2, 0) is 0 Å². The van der Waals surface area contributed by atoms with Crippen molar-refractivity contribution in [2.75, 3.05) is 6.61 Å². The summed E-state index contributed by atoms with van der Waals surface area (Å²) in [5, 5.41) is 20.3. The van der Waals surface area contributed by atoms with Crippen molar-refractivity contribution in [2.45, 2.75) is 17.9 Å². The van der Waals surface area contributed by atoms with E-state index in [4.69, 9.17) is 15.3 Å². The molecule has 1 N–H and O–H groups in total. The number of rotatable bonds is 6. The molecule has 0 aliphatic rings. The predicted molar refractivity (Wildman–Crippen MR) is 96.1 cm³/mol. The Labute approximate surface area is 163 Å². The largest absolute Gasteiger partial charge is 0.490 e. The van der Waals surface area contributed by atoms with E-state index in [-0.39, 0.29) is 41.2 Å². The van der Waals surface area contributed by atoms with Crippen molar-refractivity contribution >= 4 is 16.1 Å². The fraction of sp³-hybridized carbons (Fsp3) is 0.167. The first-order valence-electron chi connectivity index (χ1n) is 7.95. The molecule has 1 amide bonds. The van der Waals surface area contributed by atoms with Gasteiger partial charge in [0.15, 0.2) is 0 Å². The molecule has 154 valence electrons. The monoisotopic (exact) mass is 431 g/mol. The van der Waals surface area contributed by atoms with Gasteiger partial charge in [-0.2, -0.15) is 10.5 Å². The third-order valence-corrected chi connectivity index (χ3v) is 4.82.